The van der Waals surface area contributed by atoms with Crippen molar-refractivity contribution in [3.05, 3.63) is 194 Å². The molecule has 0 saturated carbocycles. The van der Waals surface area contributed by atoms with Gasteiger partial charge in [0.1, 0.15) is 0 Å². The Morgan fingerprint density at radius 2 is 0.917 bits per heavy atom. The Labute approximate surface area is 348 Å². The molecule has 13 aromatic rings. The predicted molar refractivity (Wildman–Crippen MR) is 253 cm³/mol. The van der Waals surface area contributed by atoms with Crippen LogP contribution in [0, 0.1) is 0 Å². The molecule has 0 aliphatic heterocycles. The van der Waals surface area contributed by atoms with Gasteiger partial charge in [-0.05, 0) is 85.6 Å². The van der Waals surface area contributed by atoms with Crippen molar-refractivity contribution in [1.82, 2.24) is 19.5 Å². The molecular weight excluding hydrogens is 749 g/mol. The first kappa shape index (κ1) is 33.3. The van der Waals surface area contributed by atoms with E-state index >= 15 is 0 Å². The maximum Gasteiger partial charge on any atom is 0.165 e. The highest BCUT2D eigenvalue weighted by atomic mass is 32.1. The zero-order valence-electron chi connectivity index (χ0n) is 32.2. The minimum Gasteiger partial charge on any atom is -0.309 e. The Morgan fingerprint density at radius 1 is 0.350 bits per heavy atom. The summed E-state index contributed by atoms with van der Waals surface area (Å²) in [5.41, 5.74) is 6.26. The Morgan fingerprint density at radius 3 is 1.65 bits per heavy atom. The Hall–Kier alpha value is -7.73. The molecule has 13 rings (SSSR count). The molecule has 10 aromatic carbocycles. The van der Waals surface area contributed by atoms with Crippen LogP contribution in [0.25, 0.3) is 125 Å². The second-order valence-corrected chi connectivity index (χ2v) is 16.6. The highest BCUT2D eigenvalue weighted by Crippen LogP contribution is 2.44. The molecule has 0 fully saturated rings. The van der Waals surface area contributed by atoms with E-state index in [0.717, 1.165) is 48.9 Å². The second kappa shape index (κ2) is 12.9. The van der Waals surface area contributed by atoms with Gasteiger partial charge < -0.3 is 4.57 Å². The van der Waals surface area contributed by atoms with Gasteiger partial charge in [-0.3, -0.25) is 0 Å². The Bertz CT molecular complexity index is 3820. The summed E-state index contributed by atoms with van der Waals surface area (Å²) in [6, 6.07) is 69.8. The van der Waals surface area contributed by atoms with Crippen LogP contribution in [0.15, 0.2) is 194 Å². The molecule has 0 radical (unpaired) electrons. The first-order valence-electron chi connectivity index (χ1n) is 20.3. The van der Waals surface area contributed by atoms with Crippen molar-refractivity contribution in [1.29, 1.82) is 0 Å². The van der Waals surface area contributed by atoms with Gasteiger partial charge in [0.2, 0.25) is 0 Å². The minimum absolute atomic E-state index is 0.643. The van der Waals surface area contributed by atoms with Gasteiger partial charge in [-0.25, -0.2) is 15.0 Å². The Balaban J connectivity index is 1.12. The van der Waals surface area contributed by atoms with Crippen LogP contribution in [0.3, 0.4) is 0 Å². The lowest BCUT2D eigenvalue weighted by molar-refractivity contribution is 1.08. The zero-order valence-corrected chi connectivity index (χ0v) is 33.0. The molecule has 0 aliphatic rings. The molecule has 5 heteroatoms. The average molecular weight is 781 g/mol. The van der Waals surface area contributed by atoms with Crippen molar-refractivity contribution in [3.8, 4) is 39.9 Å². The Kier molecular flexibility index (Phi) is 7.14. The molecule has 0 N–H and O–H groups in total. The van der Waals surface area contributed by atoms with Gasteiger partial charge >= 0.3 is 0 Å². The fourth-order valence-corrected chi connectivity index (χ4v) is 10.5. The summed E-state index contributed by atoms with van der Waals surface area (Å²) in [5, 5.41) is 14.5. The van der Waals surface area contributed by atoms with Crippen molar-refractivity contribution in [3.63, 3.8) is 0 Å². The minimum atomic E-state index is 0.643. The monoisotopic (exact) mass is 780 g/mol. The van der Waals surface area contributed by atoms with Crippen LogP contribution in [-0.2, 0) is 0 Å². The standard InChI is InChI=1S/C55H32N4S/c1-3-14-36-29-38(23-21-33(36)11-1)53-56-54(39-24-22-34-12-2-4-15-37(34)30-39)58-55(57-53)47-32-40(31-46-43-17-8-10-20-50(43)60-52(46)47)59-48-19-9-7-18-45(48)51-44-26-25-35-13-5-6-16-41(35)42(44)27-28-49(51)59/h1-32H. The van der Waals surface area contributed by atoms with Crippen molar-refractivity contribution in [2.75, 3.05) is 0 Å². The van der Waals surface area contributed by atoms with Crippen molar-refractivity contribution in [2.24, 2.45) is 0 Å². The van der Waals surface area contributed by atoms with Crippen LogP contribution in [0.4, 0.5) is 0 Å². The van der Waals surface area contributed by atoms with E-state index in [0.29, 0.717) is 17.5 Å². The van der Waals surface area contributed by atoms with Crippen molar-refractivity contribution in [2.45, 2.75) is 0 Å². The fourth-order valence-electron chi connectivity index (χ4n) is 9.35. The number of fused-ring (bicyclic) bond motifs is 12. The first-order valence-corrected chi connectivity index (χ1v) is 21.1. The maximum absolute atomic E-state index is 5.38. The average Bonchev–Trinajstić information content (AvgIpc) is 3.87. The predicted octanol–water partition coefficient (Wildman–Crippen LogP) is 15.0. The van der Waals surface area contributed by atoms with Gasteiger partial charge in [-0.15, -0.1) is 11.3 Å². The molecule has 60 heavy (non-hydrogen) atoms. The lowest BCUT2D eigenvalue weighted by Crippen LogP contribution is -2.01. The number of thiophene rings is 1. The van der Waals surface area contributed by atoms with E-state index in [1.807, 2.05) is 0 Å². The molecular formula is C55H32N4S. The summed E-state index contributed by atoms with van der Waals surface area (Å²) in [5.74, 6) is 1.93. The molecule has 3 heterocycles. The van der Waals surface area contributed by atoms with Crippen LogP contribution in [0.2, 0.25) is 0 Å². The summed E-state index contributed by atoms with van der Waals surface area (Å²) in [4.78, 5) is 16.0. The third-order valence-corrected chi connectivity index (χ3v) is 13.4. The number of benzene rings is 10. The summed E-state index contributed by atoms with van der Waals surface area (Å²) in [6.45, 7) is 0. The fraction of sp³-hybridized carbons (Fsp3) is 0. The molecule has 0 spiro atoms. The van der Waals surface area contributed by atoms with E-state index in [1.165, 1.54) is 58.6 Å². The van der Waals surface area contributed by atoms with Crippen molar-refractivity contribution >= 4 is 96.4 Å². The maximum atomic E-state index is 5.38. The molecule has 0 aliphatic carbocycles. The zero-order chi connectivity index (χ0) is 39.3. The molecule has 0 atom stereocenters. The van der Waals surface area contributed by atoms with E-state index in [2.05, 4.69) is 199 Å². The highest BCUT2D eigenvalue weighted by Gasteiger charge is 2.22. The largest absolute Gasteiger partial charge is 0.309 e. The molecule has 0 amide bonds. The second-order valence-electron chi connectivity index (χ2n) is 15.6. The summed E-state index contributed by atoms with van der Waals surface area (Å²) < 4.78 is 4.81. The summed E-state index contributed by atoms with van der Waals surface area (Å²) in [7, 11) is 0. The third kappa shape index (κ3) is 5.06. The summed E-state index contributed by atoms with van der Waals surface area (Å²) in [6.07, 6.45) is 0. The number of para-hydroxylation sites is 1. The van der Waals surface area contributed by atoms with E-state index in [-0.39, 0.29) is 0 Å². The van der Waals surface area contributed by atoms with Gasteiger partial charge in [0.25, 0.3) is 0 Å². The van der Waals surface area contributed by atoms with E-state index < -0.39 is 0 Å². The highest BCUT2D eigenvalue weighted by molar-refractivity contribution is 7.26. The number of rotatable bonds is 4. The molecule has 0 unspecified atom stereocenters. The third-order valence-electron chi connectivity index (χ3n) is 12.2. The lowest BCUT2D eigenvalue weighted by atomic mass is 9.98. The SMILES string of the molecule is c1ccc2cc(-c3nc(-c4ccc5ccccc5c4)nc(-c4cc(-n5c6ccccc6c6c7ccc8ccccc8c7ccc65)cc5c4sc4ccccc45)n3)ccc2c1. The molecule has 278 valence electrons. The van der Waals surface area contributed by atoms with Gasteiger partial charge in [-0.1, -0.05) is 152 Å². The van der Waals surface area contributed by atoms with Crippen LogP contribution >= 0.6 is 11.3 Å². The molecule has 4 nitrogen and oxygen atoms in total. The van der Waals surface area contributed by atoms with Crippen LogP contribution in [0.1, 0.15) is 0 Å². The molecule has 0 bridgehead atoms. The van der Waals surface area contributed by atoms with E-state index in [9.17, 15) is 0 Å². The topological polar surface area (TPSA) is 43.6 Å². The first-order chi connectivity index (χ1) is 29.7. The van der Waals surface area contributed by atoms with Gasteiger partial charge in [0.15, 0.2) is 17.5 Å². The number of hydrogen-bond donors (Lipinski definition) is 0. The van der Waals surface area contributed by atoms with Crippen molar-refractivity contribution < 1.29 is 0 Å². The number of nitrogens with zero attached hydrogens (tertiary/aromatic N) is 4. The lowest BCUT2D eigenvalue weighted by Gasteiger charge is -2.14. The normalized spacial score (nSPS) is 12.0. The number of hydrogen-bond acceptors (Lipinski definition) is 4. The smallest absolute Gasteiger partial charge is 0.165 e. The van der Waals surface area contributed by atoms with Gasteiger partial charge in [0, 0.05) is 53.3 Å². The molecule has 3 aromatic heterocycles. The molecule has 0 saturated heterocycles. The van der Waals surface area contributed by atoms with Crippen LogP contribution in [-0.4, -0.2) is 19.5 Å². The summed E-state index contributed by atoms with van der Waals surface area (Å²) >= 11 is 1.80. The van der Waals surface area contributed by atoms with Gasteiger partial charge in [-0.2, -0.15) is 0 Å². The number of aromatic nitrogens is 4. The van der Waals surface area contributed by atoms with Crippen LogP contribution < -0.4 is 0 Å². The van der Waals surface area contributed by atoms with E-state index in [1.54, 1.807) is 11.3 Å². The quantitative estimate of drug-likeness (QED) is 0.167. The van der Waals surface area contributed by atoms with Gasteiger partial charge in [0.05, 0.1) is 11.0 Å². The van der Waals surface area contributed by atoms with E-state index in [4.69, 9.17) is 15.0 Å². The van der Waals surface area contributed by atoms with Crippen LogP contribution in [0.5, 0.6) is 0 Å².